The Labute approximate surface area is 176 Å². The Morgan fingerprint density at radius 1 is 1.37 bits per heavy atom. The zero-order chi connectivity index (χ0) is 21.1. The second-order valence-corrected chi connectivity index (χ2v) is 8.50. The maximum absolute atomic E-state index is 13.5. The molecule has 2 aliphatic heterocycles. The number of likely N-dealkylation sites (tertiary alicyclic amines) is 1. The Hall–Kier alpha value is -2.29. The minimum atomic E-state index is -0.552. The van der Waals surface area contributed by atoms with Crippen LogP contribution in [0.1, 0.15) is 24.2 Å². The number of aromatic nitrogens is 2. The lowest BCUT2D eigenvalue weighted by Gasteiger charge is -2.45. The molecular weight excluding hydrogens is 385 g/mol. The lowest BCUT2D eigenvalue weighted by atomic mass is 9.88. The third-order valence-corrected chi connectivity index (χ3v) is 5.96. The first kappa shape index (κ1) is 21.0. The van der Waals surface area contributed by atoms with E-state index < -0.39 is 11.7 Å². The molecule has 3 heterocycles. The van der Waals surface area contributed by atoms with Crippen molar-refractivity contribution in [3.8, 4) is 0 Å². The highest BCUT2D eigenvalue weighted by Crippen LogP contribution is 2.40. The molecule has 1 aromatic carbocycles. The van der Waals surface area contributed by atoms with Crippen molar-refractivity contribution in [2.75, 3.05) is 40.3 Å². The van der Waals surface area contributed by atoms with Crippen LogP contribution in [-0.4, -0.2) is 71.6 Å². The summed E-state index contributed by atoms with van der Waals surface area (Å²) in [6.07, 6.45) is 4.69. The summed E-state index contributed by atoms with van der Waals surface area (Å²) in [4.78, 5) is 21.6. The summed E-state index contributed by atoms with van der Waals surface area (Å²) in [6.45, 7) is 4.18. The standard InChI is InChI=1S/C22H30FN5O2/c1-26(2)12-8-24-20(29)19-16-28-13-9-25-21(28)22(30-19)6-10-27(11-7-22)15-17-4-3-5-18(23)14-17/h3-5,9,13-14,19H,6-8,10-12,15-16H2,1-2H3,(H,24,29)/t19-/m1/s1. The molecule has 0 unspecified atom stereocenters. The lowest BCUT2D eigenvalue weighted by Crippen LogP contribution is -2.54. The van der Waals surface area contributed by atoms with Gasteiger partial charge >= 0.3 is 0 Å². The number of benzene rings is 1. The van der Waals surface area contributed by atoms with Gasteiger partial charge in [0.05, 0.1) is 6.54 Å². The van der Waals surface area contributed by atoms with Gasteiger partial charge in [0.1, 0.15) is 17.2 Å². The highest BCUT2D eigenvalue weighted by atomic mass is 19.1. The molecule has 1 N–H and O–H groups in total. The van der Waals surface area contributed by atoms with Gasteiger partial charge in [0, 0.05) is 45.1 Å². The molecule has 0 saturated carbocycles. The Balaban J connectivity index is 1.42. The van der Waals surface area contributed by atoms with Gasteiger partial charge in [0.15, 0.2) is 6.10 Å². The predicted octanol–water partition coefficient (Wildman–Crippen LogP) is 1.59. The third kappa shape index (κ3) is 4.55. The van der Waals surface area contributed by atoms with Crippen LogP contribution in [0.4, 0.5) is 4.39 Å². The summed E-state index contributed by atoms with van der Waals surface area (Å²) >= 11 is 0. The van der Waals surface area contributed by atoms with Gasteiger partial charge < -0.3 is 19.5 Å². The molecule has 30 heavy (non-hydrogen) atoms. The molecule has 8 heteroatoms. The van der Waals surface area contributed by atoms with Crippen molar-refractivity contribution < 1.29 is 13.9 Å². The van der Waals surface area contributed by atoms with E-state index in [1.54, 1.807) is 18.3 Å². The van der Waals surface area contributed by atoms with E-state index >= 15 is 0 Å². The minimum absolute atomic E-state index is 0.0715. The number of rotatable bonds is 6. The van der Waals surface area contributed by atoms with Crippen LogP contribution < -0.4 is 5.32 Å². The first-order valence-corrected chi connectivity index (χ1v) is 10.5. The van der Waals surface area contributed by atoms with Crippen molar-refractivity contribution in [3.05, 3.63) is 53.9 Å². The smallest absolute Gasteiger partial charge is 0.251 e. The number of carbonyl (C=O) groups excluding carboxylic acids is 1. The number of piperidine rings is 1. The number of ether oxygens (including phenoxy) is 1. The fraction of sp³-hybridized carbons (Fsp3) is 0.545. The van der Waals surface area contributed by atoms with Gasteiger partial charge in [-0.05, 0) is 44.6 Å². The molecule has 0 bridgehead atoms. The summed E-state index contributed by atoms with van der Waals surface area (Å²) in [5.41, 5.74) is 0.416. The van der Waals surface area contributed by atoms with Crippen molar-refractivity contribution in [2.24, 2.45) is 0 Å². The monoisotopic (exact) mass is 415 g/mol. The second kappa shape index (κ2) is 8.83. The molecule has 4 rings (SSSR count). The van der Waals surface area contributed by atoms with Crippen LogP contribution in [0.25, 0.3) is 0 Å². The Morgan fingerprint density at radius 3 is 2.90 bits per heavy atom. The third-order valence-electron chi connectivity index (χ3n) is 5.96. The van der Waals surface area contributed by atoms with Crippen LogP contribution in [0.15, 0.2) is 36.7 Å². The summed E-state index contributed by atoms with van der Waals surface area (Å²) in [5, 5.41) is 2.99. The number of likely N-dealkylation sites (N-methyl/N-ethyl adjacent to an activating group) is 1. The topological polar surface area (TPSA) is 62.6 Å². The van der Waals surface area contributed by atoms with E-state index in [4.69, 9.17) is 4.74 Å². The highest BCUT2D eigenvalue weighted by Gasteiger charge is 2.47. The van der Waals surface area contributed by atoms with Gasteiger partial charge in [0.2, 0.25) is 0 Å². The predicted molar refractivity (Wildman–Crippen MR) is 111 cm³/mol. The van der Waals surface area contributed by atoms with Crippen molar-refractivity contribution in [1.82, 2.24) is 24.7 Å². The molecule has 1 spiro atoms. The number of amides is 1. The average Bonchev–Trinajstić information content (AvgIpc) is 3.19. The molecule has 2 aliphatic rings. The number of fused-ring (bicyclic) bond motifs is 2. The van der Waals surface area contributed by atoms with Crippen molar-refractivity contribution in [2.45, 2.75) is 37.6 Å². The molecule has 162 valence electrons. The second-order valence-electron chi connectivity index (χ2n) is 8.50. The van der Waals surface area contributed by atoms with E-state index in [0.29, 0.717) is 19.6 Å². The number of hydrogen-bond acceptors (Lipinski definition) is 5. The maximum atomic E-state index is 13.5. The van der Waals surface area contributed by atoms with Crippen LogP contribution >= 0.6 is 0 Å². The fourth-order valence-corrected chi connectivity index (χ4v) is 4.36. The first-order valence-electron chi connectivity index (χ1n) is 10.5. The average molecular weight is 416 g/mol. The SMILES string of the molecule is CN(C)CCNC(=O)[C@H]1Cn2ccnc2C2(CCN(Cc3cccc(F)c3)CC2)O1. The molecule has 0 aliphatic carbocycles. The molecule has 7 nitrogen and oxygen atoms in total. The van der Waals surface area contributed by atoms with Crippen LogP contribution in [0.5, 0.6) is 0 Å². The van der Waals surface area contributed by atoms with E-state index in [1.807, 2.05) is 31.3 Å². The van der Waals surface area contributed by atoms with Gasteiger partial charge in [-0.15, -0.1) is 0 Å². The molecule has 1 saturated heterocycles. The van der Waals surface area contributed by atoms with Crippen LogP contribution in [0, 0.1) is 5.82 Å². The summed E-state index contributed by atoms with van der Waals surface area (Å²) in [6, 6.07) is 6.75. The van der Waals surface area contributed by atoms with Crippen molar-refractivity contribution in [1.29, 1.82) is 0 Å². The normalized spacial score (nSPS) is 21.0. The molecule has 1 fully saturated rings. The van der Waals surface area contributed by atoms with E-state index in [2.05, 4.69) is 19.8 Å². The fourth-order valence-electron chi connectivity index (χ4n) is 4.36. The van der Waals surface area contributed by atoms with Crippen LogP contribution in [0.3, 0.4) is 0 Å². The van der Waals surface area contributed by atoms with Gasteiger partial charge in [-0.25, -0.2) is 9.37 Å². The molecule has 1 atom stereocenters. The van der Waals surface area contributed by atoms with Gasteiger partial charge in [-0.3, -0.25) is 9.69 Å². The van der Waals surface area contributed by atoms with E-state index in [9.17, 15) is 9.18 Å². The Kier molecular flexibility index (Phi) is 6.17. The molecule has 0 radical (unpaired) electrons. The van der Waals surface area contributed by atoms with Crippen molar-refractivity contribution >= 4 is 5.91 Å². The van der Waals surface area contributed by atoms with Crippen LogP contribution in [-0.2, 0) is 28.2 Å². The largest absolute Gasteiger partial charge is 0.352 e. The summed E-state index contributed by atoms with van der Waals surface area (Å²) < 4.78 is 22.0. The Morgan fingerprint density at radius 2 is 2.17 bits per heavy atom. The zero-order valence-electron chi connectivity index (χ0n) is 17.7. The van der Waals surface area contributed by atoms with Gasteiger partial charge in [0.25, 0.3) is 5.91 Å². The summed E-state index contributed by atoms with van der Waals surface area (Å²) in [5.74, 6) is 0.629. The quantitative estimate of drug-likeness (QED) is 0.777. The molecule has 2 aromatic rings. The number of carbonyl (C=O) groups is 1. The molecule has 1 aromatic heterocycles. The first-order chi connectivity index (χ1) is 14.4. The Bertz CT molecular complexity index is 876. The number of hydrogen-bond donors (Lipinski definition) is 1. The molecular formula is C22H30FN5O2. The molecule has 1 amide bonds. The number of halogens is 1. The van der Waals surface area contributed by atoms with Crippen LogP contribution in [0.2, 0.25) is 0 Å². The number of nitrogens with one attached hydrogen (secondary N) is 1. The van der Waals surface area contributed by atoms with Gasteiger partial charge in [-0.1, -0.05) is 12.1 Å². The van der Waals surface area contributed by atoms with E-state index in [-0.39, 0.29) is 11.7 Å². The van der Waals surface area contributed by atoms with E-state index in [1.165, 1.54) is 6.07 Å². The number of nitrogens with zero attached hydrogens (tertiary/aromatic N) is 4. The lowest BCUT2D eigenvalue weighted by molar-refractivity contribution is -0.173. The maximum Gasteiger partial charge on any atom is 0.251 e. The summed E-state index contributed by atoms with van der Waals surface area (Å²) in [7, 11) is 3.96. The van der Waals surface area contributed by atoms with Crippen molar-refractivity contribution in [3.63, 3.8) is 0 Å². The zero-order valence-corrected chi connectivity index (χ0v) is 17.7. The van der Waals surface area contributed by atoms with E-state index in [0.717, 1.165) is 43.9 Å². The number of imidazole rings is 1. The highest BCUT2D eigenvalue weighted by molar-refractivity contribution is 5.80. The minimum Gasteiger partial charge on any atom is -0.352 e. The van der Waals surface area contributed by atoms with Gasteiger partial charge in [-0.2, -0.15) is 0 Å².